The molecule has 2 aromatic rings. The highest BCUT2D eigenvalue weighted by Crippen LogP contribution is 2.18. The van der Waals surface area contributed by atoms with Crippen molar-refractivity contribution in [1.29, 1.82) is 0 Å². The monoisotopic (exact) mass is 449 g/mol. The van der Waals surface area contributed by atoms with Crippen LogP contribution in [0.3, 0.4) is 0 Å². The first-order chi connectivity index (χ1) is 10.7. The molecule has 23 heavy (non-hydrogen) atoms. The number of hydrogen-bond donors (Lipinski definition) is 2. The quantitative estimate of drug-likeness (QED) is 0.387. The molecule has 0 saturated heterocycles. The van der Waals surface area contributed by atoms with Crippen LogP contribution in [0.1, 0.15) is 18.4 Å². The van der Waals surface area contributed by atoms with Gasteiger partial charge in [-0.25, -0.2) is 9.98 Å². The van der Waals surface area contributed by atoms with E-state index in [9.17, 15) is 0 Å². The van der Waals surface area contributed by atoms with Crippen molar-refractivity contribution in [2.75, 3.05) is 32.1 Å². The van der Waals surface area contributed by atoms with E-state index in [0.717, 1.165) is 42.1 Å². The predicted molar refractivity (Wildman–Crippen MR) is 107 cm³/mol. The molecule has 0 spiro atoms. The average molecular weight is 449 g/mol. The molecule has 0 unspecified atom stereocenters. The van der Waals surface area contributed by atoms with E-state index < -0.39 is 0 Å². The molecule has 0 aliphatic heterocycles. The number of furan rings is 1. The van der Waals surface area contributed by atoms with Crippen molar-refractivity contribution >= 4 is 46.4 Å². The van der Waals surface area contributed by atoms with Gasteiger partial charge in [0.05, 0.1) is 18.5 Å². The first kappa shape index (κ1) is 19.8. The molecule has 0 bridgehead atoms. The highest BCUT2D eigenvalue weighted by Gasteiger charge is 2.04. The summed E-state index contributed by atoms with van der Waals surface area (Å²) in [6, 6.07) is 3.88. The maximum atomic E-state index is 5.32. The van der Waals surface area contributed by atoms with Crippen LogP contribution in [0.15, 0.2) is 33.2 Å². The largest absolute Gasteiger partial charge is 0.469 e. The second-order valence-corrected chi connectivity index (χ2v) is 5.80. The fourth-order valence-electron chi connectivity index (χ4n) is 1.84. The van der Waals surface area contributed by atoms with E-state index in [1.165, 1.54) is 0 Å². The van der Waals surface area contributed by atoms with Crippen molar-refractivity contribution in [3.63, 3.8) is 0 Å². The fourth-order valence-corrected chi connectivity index (χ4v) is 2.58. The molecule has 0 fully saturated rings. The molecular formula is C15H24IN5OS. The zero-order valence-corrected chi connectivity index (χ0v) is 16.9. The number of nitrogens with zero attached hydrogens (tertiary/aromatic N) is 3. The normalized spacial score (nSPS) is 11.0. The van der Waals surface area contributed by atoms with Gasteiger partial charge in [-0.3, -0.25) is 0 Å². The summed E-state index contributed by atoms with van der Waals surface area (Å²) >= 11 is 1.63. The van der Waals surface area contributed by atoms with Crippen LogP contribution in [-0.4, -0.2) is 38.1 Å². The number of nitrogens with one attached hydrogen (secondary N) is 2. The van der Waals surface area contributed by atoms with E-state index in [2.05, 4.69) is 27.5 Å². The molecule has 2 N–H and O–H groups in total. The first-order valence-corrected chi connectivity index (χ1v) is 8.23. The summed E-state index contributed by atoms with van der Waals surface area (Å²) in [5.41, 5.74) is 0.983. The van der Waals surface area contributed by atoms with Crippen molar-refractivity contribution in [2.24, 2.45) is 4.99 Å². The Balaban J connectivity index is 0.00000264. The Morgan fingerprint density at radius 3 is 2.83 bits per heavy atom. The topological polar surface area (TPSA) is 65.7 Å². The molecular weight excluding hydrogens is 425 g/mol. The van der Waals surface area contributed by atoms with Crippen LogP contribution in [-0.2, 0) is 13.0 Å². The van der Waals surface area contributed by atoms with E-state index in [4.69, 9.17) is 4.42 Å². The molecule has 0 aliphatic carbocycles. The molecule has 0 radical (unpaired) electrons. The Labute approximate surface area is 158 Å². The summed E-state index contributed by atoms with van der Waals surface area (Å²) in [7, 11) is 3.98. The Morgan fingerprint density at radius 1 is 1.39 bits per heavy atom. The van der Waals surface area contributed by atoms with E-state index in [-0.39, 0.29) is 24.0 Å². The van der Waals surface area contributed by atoms with Gasteiger partial charge < -0.3 is 20.0 Å². The van der Waals surface area contributed by atoms with Crippen molar-refractivity contribution in [3.05, 3.63) is 35.2 Å². The van der Waals surface area contributed by atoms with E-state index >= 15 is 0 Å². The van der Waals surface area contributed by atoms with Gasteiger partial charge in [-0.05, 0) is 19.1 Å². The van der Waals surface area contributed by atoms with Crippen molar-refractivity contribution in [1.82, 2.24) is 15.6 Å². The van der Waals surface area contributed by atoms with E-state index in [1.54, 1.807) is 17.6 Å². The van der Waals surface area contributed by atoms with Gasteiger partial charge in [-0.2, -0.15) is 0 Å². The van der Waals surface area contributed by atoms with Crippen molar-refractivity contribution in [3.8, 4) is 0 Å². The molecule has 2 rings (SSSR count). The number of hydrogen-bond acceptors (Lipinski definition) is 5. The average Bonchev–Trinajstić information content (AvgIpc) is 3.16. The smallest absolute Gasteiger partial charge is 0.191 e. The molecule has 8 heteroatoms. The number of rotatable bonds is 7. The second-order valence-electron chi connectivity index (χ2n) is 4.97. The SMILES string of the molecule is CCNC(=NCc1csc(N(C)C)n1)NCCc1ccco1.I. The van der Waals surface area contributed by atoms with Crippen molar-refractivity contribution in [2.45, 2.75) is 19.9 Å². The standard InChI is InChI=1S/C15H23N5OS.HI/c1-4-16-14(17-8-7-13-6-5-9-21-13)18-10-12-11-22-15(19-12)20(2)3;/h5-6,9,11H,4,7-8,10H2,1-3H3,(H2,16,17,18);1H. The minimum absolute atomic E-state index is 0. The minimum Gasteiger partial charge on any atom is -0.469 e. The van der Waals surface area contributed by atoms with Gasteiger partial charge in [0.25, 0.3) is 0 Å². The fraction of sp³-hybridized carbons (Fsp3) is 0.467. The van der Waals surface area contributed by atoms with Gasteiger partial charge in [0.1, 0.15) is 5.76 Å². The molecule has 2 aromatic heterocycles. The number of aromatic nitrogens is 1. The van der Waals surface area contributed by atoms with Gasteiger partial charge in [-0.15, -0.1) is 35.3 Å². The Hall–Kier alpha value is -1.29. The van der Waals surface area contributed by atoms with Gasteiger partial charge in [0, 0.05) is 39.0 Å². The molecule has 128 valence electrons. The summed E-state index contributed by atoms with van der Waals surface area (Å²) in [5, 5.41) is 9.59. The zero-order valence-electron chi connectivity index (χ0n) is 13.7. The number of guanidine groups is 1. The number of anilines is 1. The van der Waals surface area contributed by atoms with Crippen LogP contribution in [0, 0.1) is 0 Å². The molecule has 6 nitrogen and oxygen atoms in total. The summed E-state index contributed by atoms with van der Waals surface area (Å²) < 4.78 is 5.32. The maximum absolute atomic E-state index is 5.32. The summed E-state index contributed by atoms with van der Waals surface area (Å²) in [4.78, 5) is 11.1. The van der Waals surface area contributed by atoms with Crippen LogP contribution in [0.4, 0.5) is 5.13 Å². The van der Waals surface area contributed by atoms with Gasteiger partial charge in [0.15, 0.2) is 11.1 Å². The third-order valence-corrected chi connectivity index (χ3v) is 3.97. The number of aliphatic imine (C=N–C) groups is 1. The Bertz CT molecular complexity index is 582. The second kappa shape index (κ2) is 10.5. The first-order valence-electron chi connectivity index (χ1n) is 7.35. The zero-order chi connectivity index (χ0) is 15.8. The highest BCUT2D eigenvalue weighted by atomic mass is 127. The molecule has 0 atom stereocenters. The lowest BCUT2D eigenvalue weighted by atomic mass is 10.3. The lowest BCUT2D eigenvalue weighted by Gasteiger charge is -2.10. The van der Waals surface area contributed by atoms with Gasteiger partial charge >= 0.3 is 0 Å². The van der Waals surface area contributed by atoms with Crippen LogP contribution >= 0.6 is 35.3 Å². The van der Waals surface area contributed by atoms with Crippen LogP contribution in [0.2, 0.25) is 0 Å². The van der Waals surface area contributed by atoms with Crippen LogP contribution in [0.25, 0.3) is 0 Å². The highest BCUT2D eigenvalue weighted by molar-refractivity contribution is 14.0. The van der Waals surface area contributed by atoms with Crippen LogP contribution < -0.4 is 15.5 Å². The van der Waals surface area contributed by atoms with Gasteiger partial charge in [0.2, 0.25) is 0 Å². The number of halogens is 1. The molecule has 2 heterocycles. The summed E-state index contributed by atoms with van der Waals surface area (Å²) in [6.45, 7) is 4.23. The molecule has 0 aromatic carbocycles. The minimum atomic E-state index is 0. The number of thiazole rings is 1. The molecule has 0 saturated carbocycles. The third-order valence-electron chi connectivity index (χ3n) is 2.91. The lowest BCUT2D eigenvalue weighted by Crippen LogP contribution is -2.38. The van der Waals surface area contributed by atoms with E-state index in [0.29, 0.717) is 6.54 Å². The summed E-state index contributed by atoms with van der Waals surface area (Å²) in [6.07, 6.45) is 2.53. The molecule has 0 aliphatic rings. The van der Waals surface area contributed by atoms with E-state index in [1.807, 2.05) is 36.5 Å². The maximum Gasteiger partial charge on any atom is 0.191 e. The third kappa shape index (κ3) is 6.78. The predicted octanol–water partition coefficient (Wildman–Crippen LogP) is 2.72. The Kier molecular flexibility index (Phi) is 9.00. The lowest BCUT2D eigenvalue weighted by molar-refractivity contribution is 0.507. The van der Waals surface area contributed by atoms with Crippen LogP contribution in [0.5, 0.6) is 0 Å². The van der Waals surface area contributed by atoms with Crippen molar-refractivity contribution < 1.29 is 4.42 Å². The van der Waals surface area contributed by atoms with Gasteiger partial charge in [-0.1, -0.05) is 0 Å². The Morgan fingerprint density at radius 2 is 2.22 bits per heavy atom. The molecule has 0 amide bonds. The summed E-state index contributed by atoms with van der Waals surface area (Å²) in [5.74, 6) is 1.77.